The molecular formula is C82H136B2N4. The fourth-order valence-corrected chi connectivity index (χ4v) is 32.6. The normalized spacial score (nSPS) is 50.9. The van der Waals surface area contributed by atoms with Crippen molar-refractivity contribution in [2.75, 3.05) is 0 Å². The second kappa shape index (κ2) is 23.9. The Labute approximate surface area is 543 Å². The fraction of sp³-hybridized carbons (Fsp3) is 1.00. The van der Waals surface area contributed by atoms with Crippen LogP contribution in [0.5, 0.6) is 0 Å². The van der Waals surface area contributed by atoms with Crippen molar-refractivity contribution in [3.8, 4) is 0 Å². The van der Waals surface area contributed by atoms with Crippen LogP contribution < -0.4 is 0 Å². The van der Waals surface area contributed by atoms with Crippen molar-refractivity contribution in [1.82, 2.24) is 19.6 Å². The molecule has 18 aliphatic rings. The minimum absolute atomic E-state index is 0.381. The van der Waals surface area contributed by atoms with E-state index < -0.39 is 0 Å². The topological polar surface area (TPSA) is 13.0 Å². The molecule has 14 aliphatic carbocycles. The zero-order valence-corrected chi connectivity index (χ0v) is 58.4. The van der Waals surface area contributed by atoms with E-state index in [0.717, 1.165) is 192 Å². The minimum Gasteiger partial charge on any atom is -0.295 e. The lowest BCUT2D eigenvalue weighted by Crippen LogP contribution is -2.78. The zero-order valence-electron chi connectivity index (χ0n) is 58.4. The highest BCUT2D eigenvalue weighted by Gasteiger charge is 2.72. The van der Waals surface area contributed by atoms with E-state index in [2.05, 4.69) is 61.1 Å². The molecular weight excluding hydrogens is 1060 g/mol. The van der Waals surface area contributed by atoms with Crippen LogP contribution in [0.15, 0.2) is 0 Å². The summed E-state index contributed by atoms with van der Waals surface area (Å²) in [6.07, 6.45) is 68.8. The molecule has 4 heterocycles. The van der Waals surface area contributed by atoms with Crippen LogP contribution >= 0.6 is 0 Å². The van der Waals surface area contributed by atoms with Crippen LogP contribution in [0, 0.1) is 81.8 Å². The first kappa shape index (κ1) is 60.4. The number of fused-ring (bicyclic) bond motifs is 10. The number of nitrogens with zero attached hydrogens (tertiary/aromatic N) is 4. The van der Waals surface area contributed by atoms with Gasteiger partial charge < -0.3 is 0 Å². The molecule has 18 rings (SSSR count). The van der Waals surface area contributed by atoms with Crippen molar-refractivity contribution < 1.29 is 0 Å². The van der Waals surface area contributed by atoms with Crippen molar-refractivity contribution in [2.24, 2.45) is 81.8 Å². The summed E-state index contributed by atoms with van der Waals surface area (Å²) in [4.78, 5) is 14.5. The van der Waals surface area contributed by atoms with E-state index in [9.17, 15) is 0 Å². The number of rotatable bonds is 5. The summed E-state index contributed by atoms with van der Waals surface area (Å²) in [7, 11) is 0. The van der Waals surface area contributed by atoms with Crippen LogP contribution in [0.4, 0.5) is 0 Å². The van der Waals surface area contributed by atoms with Gasteiger partial charge in [-0.15, -0.1) is 0 Å². The molecule has 18 fully saturated rings. The summed E-state index contributed by atoms with van der Waals surface area (Å²) in [5.41, 5.74) is 0.769. The van der Waals surface area contributed by atoms with Crippen LogP contribution in [0.3, 0.4) is 0 Å². The predicted molar refractivity (Wildman–Crippen MR) is 371 cm³/mol. The highest BCUT2D eigenvalue weighted by atomic mass is 15.3. The monoisotopic (exact) mass is 1200 g/mol. The number of hydrogen-bond acceptors (Lipinski definition) is 4. The van der Waals surface area contributed by atoms with Gasteiger partial charge in [-0.25, -0.2) is 0 Å². The first-order valence-corrected chi connectivity index (χ1v) is 42.0. The maximum Gasteiger partial charge on any atom is 0.156 e. The van der Waals surface area contributed by atoms with Crippen molar-refractivity contribution in [1.29, 1.82) is 0 Å². The summed E-state index contributed by atoms with van der Waals surface area (Å²) in [6, 6.07) is 10.2. The highest BCUT2D eigenvalue weighted by molar-refractivity contribution is 6.67. The molecule has 0 radical (unpaired) electrons. The molecule has 0 amide bonds. The Morgan fingerprint density at radius 1 is 0.239 bits per heavy atom. The lowest BCUT2D eigenvalue weighted by molar-refractivity contribution is -0.152. The number of hydrogen-bond donors (Lipinski definition) is 0. The third kappa shape index (κ3) is 9.93. The van der Waals surface area contributed by atoms with E-state index in [1.54, 1.807) is 135 Å². The largest absolute Gasteiger partial charge is 0.295 e. The van der Waals surface area contributed by atoms with Crippen LogP contribution in [-0.2, 0) is 0 Å². The van der Waals surface area contributed by atoms with Gasteiger partial charge in [-0.05, 0) is 252 Å². The Hall–Kier alpha value is -0.0301. The summed E-state index contributed by atoms with van der Waals surface area (Å²) in [5, 5.41) is 0. The molecule has 26 atom stereocenters. The quantitative estimate of drug-likeness (QED) is 0.254. The maximum atomic E-state index is 3.70. The molecule has 0 bridgehead atoms. The summed E-state index contributed by atoms with van der Waals surface area (Å²) in [6.45, 7) is 18.4. The van der Waals surface area contributed by atoms with Gasteiger partial charge in [0.05, 0.1) is 0 Å². The first-order chi connectivity index (χ1) is 42.9. The van der Waals surface area contributed by atoms with E-state index in [4.69, 9.17) is 0 Å². The Balaban J connectivity index is 0.771. The average molecular weight is 1200 g/mol. The van der Waals surface area contributed by atoms with Crippen LogP contribution in [0.2, 0.25) is 34.9 Å². The molecule has 20 unspecified atom stereocenters. The van der Waals surface area contributed by atoms with Gasteiger partial charge in [-0.1, -0.05) is 189 Å². The Morgan fingerprint density at radius 3 is 1.10 bits per heavy atom. The van der Waals surface area contributed by atoms with Crippen molar-refractivity contribution >= 4 is 13.4 Å². The summed E-state index contributed by atoms with van der Waals surface area (Å²) >= 11 is 0. The van der Waals surface area contributed by atoms with E-state index in [0.29, 0.717) is 10.8 Å². The van der Waals surface area contributed by atoms with Crippen LogP contribution in [-0.4, -0.2) is 106 Å². The lowest BCUT2D eigenvalue weighted by Gasteiger charge is -2.74. The van der Waals surface area contributed by atoms with E-state index in [-0.39, 0.29) is 0 Å². The molecule has 14 saturated carbocycles. The van der Waals surface area contributed by atoms with Gasteiger partial charge in [0.2, 0.25) is 0 Å². The van der Waals surface area contributed by atoms with Crippen molar-refractivity contribution in [2.45, 2.75) is 431 Å². The van der Waals surface area contributed by atoms with Gasteiger partial charge in [-0.3, -0.25) is 19.6 Å². The standard InChI is InChI=1S/C82H136B2N4/c1-81(2,3)55-45-73-79-75(47-55)87(59-31-15-9-16-32-59)71-50-72-68(49-67(71)83(79)65-38-19-20-39-69(65)85(73)57-27-11-7-12-28-57)84-66-44-52(54-42-53-26-23-36-62-61-35-21-24-51-25-22-37-63(77(51)61)64(43-54)78(53)62)40-41-70(66)86(58-29-13-8-14-30-58)74-46-56(82(4,5)6)48-76(80(74)84)88(72)60-33-17-10-18-34-60/h51-80H,7-50H2,1-6H3/t51-,52?,53?,54?,55-,56?,61?,62?,63?,64+,65?,66?,67-,68?,69-,70?,71?,72?,73+,74?,75?,76?,77?,78?,79?,80?/m1/s1. The molecule has 4 aliphatic heterocycles. The SMILES string of the molecule is CC(C)(C)C1CC2C3B(C4CC(C5CC6CCCC7C8CCC[C@@H]9CCCC(C89)[C@H](C5)C67)CCC4N2C2CCCCC2)C2C[C@H]4B5C6CCCC[C@H]6N(C6CCCCC6)[C@H]6C[C@@H](C(C)(C)C)CC(C56)N(C5CCCCC5)C4CC2N(C2CCCCC2)C3C1. The molecule has 490 valence electrons. The Bertz CT molecular complexity index is 2410. The van der Waals surface area contributed by atoms with Crippen LogP contribution in [0.1, 0.15) is 324 Å². The second-order valence-corrected chi connectivity index (χ2v) is 40.2. The molecule has 4 saturated heterocycles. The first-order valence-electron chi connectivity index (χ1n) is 42.0. The van der Waals surface area contributed by atoms with Gasteiger partial charge in [-0.2, -0.15) is 0 Å². The van der Waals surface area contributed by atoms with E-state index in [1.807, 2.05) is 0 Å². The van der Waals surface area contributed by atoms with Gasteiger partial charge >= 0.3 is 0 Å². The van der Waals surface area contributed by atoms with Crippen molar-refractivity contribution in [3.05, 3.63) is 0 Å². The smallest absolute Gasteiger partial charge is 0.156 e. The third-order valence-electron chi connectivity index (χ3n) is 35.3. The van der Waals surface area contributed by atoms with Gasteiger partial charge in [0.25, 0.3) is 0 Å². The summed E-state index contributed by atoms with van der Waals surface area (Å²) < 4.78 is 0. The molecule has 88 heavy (non-hydrogen) atoms. The highest BCUT2D eigenvalue weighted by Crippen LogP contribution is 2.72. The zero-order chi connectivity index (χ0) is 58.9. The molecule has 0 spiro atoms. The molecule has 0 aromatic heterocycles. The van der Waals surface area contributed by atoms with E-state index in [1.165, 1.54) is 148 Å². The van der Waals surface area contributed by atoms with Gasteiger partial charge in [0, 0.05) is 72.5 Å². The van der Waals surface area contributed by atoms with Gasteiger partial charge in [0.15, 0.2) is 13.4 Å². The lowest BCUT2D eigenvalue weighted by atomic mass is 9.13. The molecule has 0 aromatic carbocycles. The van der Waals surface area contributed by atoms with Gasteiger partial charge in [0.1, 0.15) is 0 Å². The predicted octanol–water partition coefficient (Wildman–Crippen LogP) is 20.7. The van der Waals surface area contributed by atoms with E-state index >= 15 is 0 Å². The van der Waals surface area contributed by atoms with Crippen molar-refractivity contribution in [3.63, 3.8) is 0 Å². The average Bonchev–Trinajstić information content (AvgIpc) is 0.717. The molecule has 0 N–H and O–H groups in total. The fourth-order valence-electron chi connectivity index (χ4n) is 32.6. The molecule has 6 heteroatoms. The molecule has 0 aromatic rings. The molecule has 4 nitrogen and oxygen atoms in total. The Morgan fingerprint density at radius 2 is 0.625 bits per heavy atom. The van der Waals surface area contributed by atoms with Crippen LogP contribution in [0.25, 0.3) is 0 Å². The second-order valence-electron chi connectivity index (χ2n) is 40.2. The summed E-state index contributed by atoms with van der Waals surface area (Å²) in [5.74, 6) is 18.4. The minimum atomic E-state index is 0.381. The Kier molecular flexibility index (Phi) is 16.4. The maximum absolute atomic E-state index is 3.70. The third-order valence-corrected chi connectivity index (χ3v) is 35.3.